The number of likely N-dealkylation sites (N-methyl/N-ethyl adjacent to an activating group) is 1. The molecule has 1 atom stereocenters. The number of esters is 1. The number of nitrogens with two attached hydrogens (primary N) is 1. The van der Waals surface area contributed by atoms with Gasteiger partial charge in [0.15, 0.2) is 0 Å². The first-order chi connectivity index (χ1) is 11.2. The van der Waals surface area contributed by atoms with Gasteiger partial charge in [0.05, 0.1) is 0 Å². The van der Waals surface area contributed by atoms with Gasteiger partial charge in [0.2, 0.25) is 0 Å². The lowest BCUT2D eigenvalue weighted by Crippen LogP contribution is -2.31. The zero-order chi connectivity index (χ0) is 18.6. The topological polar surface area (TPSA) is 55.6 Å². The maximum atomic E-state index is 11.9. The molecule has 0 radical (unpaired) electrons. The molecule has 0 bridgehead atoms. The van der Waals surface area contributed by atoms with Gasteiger partial charge < -0.3 is 15.4 Å². The molecule has 142 valence electrons. The number of hydrogen-bond donors (Lipinski definition) is 1. The van der Waals surface area contributed by atoms with E-state index in [9.17, 15) is 4.79 Å². The maximum Gasteiger partial charge on any atom is 0.333 e. The molecular weight excluding hydrogens is 300 g/mol. The van der Waals surface area contributed by atoms with Crippen LogP contribution in [0.3, 0.4) is 0 Å². The van der Waals surface area contributed by atoms with Crippen molar-refractivity contribution in [2.75, 3.05) is 26.2 Å². The van der Waals surface area contributed by atoms with Gasteiger partial charge in [-0.3, -0.25) is 0 Å². The van der Waals surface area contributed by atoms with Crippen LogP contribution in [0.25, 0.3) is 0 Å². The van der Waals surface area contributed by atoms with Crippen LogP contribution >= 0.6 is 0 Å². The molecule has 0 spiro atoms. The monoisotopic (exact) mass is 340 g/mol. The Morgan fingerprint density at radius 3 is 2.42 bits per heavy atom. The van der Waals surface area contributed by atoms with Gasteiger partial charge in [0.25, 0.3) is 0 Å². The van der Waals surface area contributed by atoms with E-state index in [0.29, 0.717) is 12.5 Å². The zero-order valence-corrected chi connectivity index (χ0v) is 16.9. The van der Waals surface area contributed by atoms with Gasteiger partial charge in [-0.05, 0) is 59.0 Å². The number of ether oxygens (including phenoxy) is 1. The van der Waals surface area contributed by atoms with E-state index in [1.54, 1.807) is 0 Å². The van der Waals surface area contributed by atoms with E-state index >= 15 is 0 Å². The van der Waals surface area contributed by atoms with Gasteiger partial charge in [0.1, 0.15) is 6.61 Å². The molecule has 0 fully saturated rings. The summed E-state index contributed by atoms with van der Waals surface area (Å²) < 4.78 is 5.34. The van der Waals surface area contributed by atoms with Crippen LogP contribution in [0.1, 0.15) is 73.6 Å². The summed E-state index contributed by atoms with van der Waals surface area (Å²) in [6.07, 6.45) is 7.48. The van der Waals surface area contributed by atoms with Crippen molar-refractivity contribution in [1.82, 2.24) is 4.90 Å². The van der Waals surface area contributed by atoms with Gasteiger partial charge in [-0.15, -0.1) is 0 Å². The molecule has 0 aliphatic carbocycles. The molecule has 24 heavy (non-hydrogen) atoms. The Balaban J connectivity index is 3.93. The minimum Gasteiger partial charge on any atom is -0.461 e. The number of carbonyl (C=O) groups is 1. The summed E-state index contributed by atoms with van der Waals surface area (Å²) in [5, 5.41) is 0. The van der Waals surface area contributed by atoms with Crippen LogP contribution < -0.4 is 5.73 Å². The summed E-state index contributed by atoms with van der Waals surface area (Å²) in [4.78, 5) is 14.2. The zero-order valence-electron chi connectivity index (χ0n) is 16.9. The predicted octanol–water partition coefficient (Wildman–Crippen LogP) is 4.14. The largest absolute Gasteiger partial charge is 0.461 e. The molecule has 0 saturated heterocycles. The van der Waals surface area contributed by atoms with Gasteiger partial charge in [-0.2, -0.15) is 0 Å². The Bertz CT molecular complexity index is 368. The second-order valence-corrected chi connectivity index (χ2v) is 7.61. The van der Waals surface area contributed by atoms with E-state index < -0.39 is 0 Å². The summed E-state index contributed by atoms with van der Waals surface area (Å²) in [6.45, 7) is 15.8. The smallest absolute Gasteiger partial charge is 0.333 e. The SMILES string of the molecule is CCN(CC)CCOC(=O)C(C)=CCCC(C)CCCC(C)(C)N. The quantitative estimate of drug-likeness (QED) is 0.404. The molecule has 0 saturated carbocycles. The molecule has 0 aliphatic rings. The first-order valence-corrected chi connectivity index (χ1v) is 9.54. The van der Waals surface area contributed by atoms with Crippen LogP contribution in [0.15, 0.2) is 11.6 Å². The van der Waals surface area contributed by atoms with E-state index in [-0.39, 0.29) is 11.5 Å². The van der Waals surface area contributed by atoms with Crippen LogP contribution in [0.2, 0.25) is 0 Å². The predicted molar refractivity (Wildman–Crippen MR) is 103 cm³/mol. The fourth-order valence-corrected chi connectivity index (χ4v) is 2.64. The number of allylic oxidation sites excluding steroid dienone is 1. The number of rotatable bonds is 13. The highest BCUT2D eigenvalue weighted by Crippen LogP contribution is 2.18. The number of carbonyl (C=O) groups excluding carboxylic acids is 1. The second kappa shape index (κ2) is 12.5. The molecule has 0 rings (SSSR count). The maximum absolute atomic E-state index is 11.9. The highest BCUT2D eigenvalue weighted by atomic mass is 16.5. The first-order valence-electron chi connectivity index (χ1n) is 9.54. The number of nitrogens with zero attached hydrogens (tertiary/aromatic N) is 1. The summed E-state index contributed by atoms with van der Waals surface area (Å²) in [7, 11) is 0. The van der Waals surface area contributed by atoms with Crippen molar-refractivity contribution in [2.24, 2.45) is 11.7 Å². The Hall–Kier alpha value is -0.870. The number of hydrogen-bond acceptors (Lipinski definition) is 4. The van der Waals surface area contributed by atoms with E-state index in [2.05, 4.69) is 39.5 Å². The van der Waals surface area contributed by atoms with Crippen LogP contribution in [0.4, 0.5) is 0 Å². The third-order valence-electron chi connectivity index (χ3n) is 4.49. The Labute approximate surface area is 149 Å². The molecule has 4 heteroatoms. The lowest BCUT2D eigenvalue weighted by atomic mass is 9.93. The van der Waals surface area contributed by atoms with Crippen molar-refractivity contribution in [3.63, 3.8) is 0 Å². The Morgan fingerprint density at radius 2 is 1.88 bits per heavy atom. The minimum absolute atomic E-state index is 0.0644. The van der Waals surface area contributed by atoms with Crippen molar-refractivity contribution in [3.8, 4) is 0 Å². The van der Waals surface area contributed by atoms with Crippen molar-refractivity contribution < 1.29 is 9.53 Å². The summed E-state index contributed by atoms with van der Waals surface area (Å²) in [6, 6.07) is 0. The minimum atomic E-state index is -0.181. The van der Waals surface area contributed by atoms with Crippen molar-refractivity contribution >= 4 is 5.97 Å². The van der Waals surface area contributed by atoms with E-state index in [1.807, 2.05) is 13.0 Å². The molecule has 2 N–H and O–H groups in total. The normalized spacial score (nSPS) is 14.1. The molecule has 0 heterocycles. The fraction of sp³-hybridized carbons (Fsp3) is 0.850. The van der Waals surface area contributed by atoms with Crippen molar-refractivity contribution in [1.29, 1.82) is 0 Å². The molecule has 0 aliphatic heterocycles. The van der Waals surface area contributed by atoms with Gasteiger partial charge in [0, 0.05) is 17.7 Å². The van der Waals surface area contributed by atoms with Crippen LogP contribution in [0, 0.1) is 5.92 Å². The Kier molecular flexibility index (Phi) is 12.0. The summed E-state index contributed by atoms with van der Waals surface area (Å²) in [5.41, 5.74) is 6.67. The molecule has 0 aromatic heterocycles. The van der Waals surface area contributed by atoms with Crippen LogP contribution in [0.5, 0.6) is 0 Å². The first kappa shape index (κ1) is 23.1. The molecule has 0 aromatic rings. The summed E-state index contributed by atoms with van der Waals surface area (Å²) in [5.74, 6) is 0.481. The summed E-state index contributed by atoms with van der Waals surface area (Å²) >= 11 is 0. The van der Waals surface area contributed by atoms with E-state index in [0.717, 1.165) is 44.5 Å². The van der Waals surface area contributed by atoms with E-state index in [1.165, 1.54) is 12.8 Å². The molecule has 0 amide bonds. The van der Waals surface area contributed by atoms with Gasteiger partial charge in [-0.1, -0.05) is 39.7 Å². The lowest BCUT2D eigenvalue weighted by molar-refractivity contribution is -0.139. The standard InChI is InChI=1S/C20H40N2O2/c1-7-22(8-2)15-16-24-19(23)18(4)13-9-11-17(3)12-10-14-20(5,6)21/h13,17H,7-12,14-16,21H2,1-6H3. The van der Waals surface area contributed by atoms with Gasteiger partial charge >= 0.3 is 5.97 Å². The average Bonchev–Trinajstić information content (AvgIpc) is 2.50. The second-order valence-electron chi connectivity index (χ2n) is 7.61. The van der Waals surface area contributed by atoms with Gasteiger partial charge in [-0.25, -0.2) is 4.79 Å². The third-order valence-corrected chi connectivity index (χ3v) is 4.49. The molecule has 0 aromatic carbocycles. The van der Waals surface area contributed by atoms with Crippen LogP contribution in [-0.2, 0) is 9.53 Å². The molecular formula is C20H40N2O2. The lowest BCUT2D eigenvalue weighted by Gasteiger charge is -2.19. The van der Waals surface area contributed by atoms with Crippen molar-refractivity contribution in [3.05, 3.63) is 11.6 Å². The fourth-order valence-electron chi connectivity index (χ4n) is 2.64. The Morgan fingerprint density at radius 1 is 1.25 bits per heavy atom. The van der Waals surface area contributed by atoms with E-state index in [4.69, 9.17) is 10.5 Å². The van der Waals surface area contributed by atoms with Crippen molar-refractivity contribution in [2.45, 2.75) is 79.2 Å². The molecule has 4 nitrogen and oxygen atoms in total. The average molecular weight is 341 g/mol. The third kappa shape index (κ3) is 12.5. The highest BCUT2D eigenvalue weighted by molar-refractivity contribution is 5.87. The van der Waals surface area contributed by atoms with Crippen LogP contribution in [-0.4, -0.2) is 42.6 Å². The highest BCUT2D eigenvalue weighted by Gasteiger charge is 2.11. The molecule has 1 unspecified atom stereocenters.